The molecule has 1 aliphatic rings. The molecule has 19 heavy (non-hydrogen) atoms. The van der Waals surface area contributed by atoms with Crippen molar-refractivity contribution in [2.75, 3.05) is 19.6 Å². The zero-order chi connectivity index (χ0) is 14.1. The fourth-order valence-electron chi connectivity index (χ4n) is 3.54. The molecule has 0 bridgehead atoms. The van der Waals surface area contributed by atoms with E-state index >= 15 is 0 Å². The predicted octanol–water partition coefficient (Wildman–Crippen LogP) is 4.19. The maximum absolute atomic E-state index is 6.02. The summed E-state index contributed by atoms with van der Waals surface area (Å²) in [5.74, 6) is 0. The molecular formula is C17H36N2. The van der Waals surface area contributed by atoms with Crippen molar-refractivity contribution in [1.29, 1.82) is 0 Å². The molecule has 0 aromatic heterocycles. The first-order chi connectivity index (χ1) is 9.21. The zero-order valence-corrected chi connectivity index (χ0v) is 13.6. The molecule has 2 heteroatoms. The normalized spacial score (nSPS) is 20.8. The molecule has 0 aromatic carbocycles. The molecule has 0 radical (unpaired) electrons. The number of rotatable bonds is 10. The smallest absolute Gasteiger partial charge is 0.0218 e. The molecule has 1 aliphatic heterocycles. The van der Waals surface area contributed by atoms with E-state index < -0.39 is 0 Å². The van der Waals surface area contributed by atoms with Gasteiger partial charge in [-0.2, -0.15) is 0 Å². The van der Waals surface area contributed by atoms with E-state index in [1.54, 1.807) is 0 Å². The van der Waals surface area contributed by atoms with E-state index in [1.807, 2.05) is 0 Å². The molecule has 2 N–H and O–H groups in total. The maximum atomic E-state index is 6.02. The Kier molecular flexibility index (Phi) is 8.01. The van der Waals surface area contributed by atoms with Crippen LogP contribution in [0.2, 0.25) is 0 Å². The van der Waals surface area contributed by atoms with Crippen molar-refractivity contribution in [2.24, 2.45) is 11.1 Å². The van der Waals surface area contributed by atoms with Crippen LogP contribution in [-0.4, -0.2) is 30.6 Å². The number of unbranched alkanes of at least 4 members (excludes halogenated alkanes) is 4. The lowest BCUT2D eigenvalue weighted by Gasteiger charge is -2.30. The Morgan fingerprint density at radius 2 is 1.74 bits per heavy atom. The van der Waals surface area contributed by atoms with Crippen LogP contribution in [0, 0.1) is 5.41 Å². The van der Waals surface area contributed by atoms with Crippen molar-refractivity contribution in [2.45, 2.75) is 84.6 Å². The molecule has 2 nitrogen and oxygen atoms in total. The van der Waals surface area contributed by atoms with Crippen molar-refractivity contribution in [3.05, 3.63) is 0 Å². The highest BCUT2D eigenvalue weighted by atomic mass is 15.2. The molecule has 1 rings (SSSR count). The highest BCUT2D eigenvalue weighted by molar-refractivity contribution is 4.91. The topological polar surface area (TPSA) is 29.3 Å². The summed E-state index contributed by atoms with van der Waals surface area (Å²) >= 11 is 0. The summed E-state index contributed by atoms with van der Waals surface area (Å²) in [6, 6.07) is 0.640. The Bertz CT molecular complexity index is 223. The third-order valence-corrected chi connectivity index (χ3v) is 5.40. The Morgan fingerprint density at radius 3 is 2.26 bits per heavy atom. The Labute approximate surface area is 121 Å². The Morgan fingerprint density at radius 1 is 1.05 bits per heavy atom. The van der Waals surface area contributed by atoms with E-state index in [-0.39, 0.29) is 0 Å². The van der Waals surface area contributed by atoms with E-state index in [0.29, 0.717) is 11.5 Å². The first kappa shape index (κ1) is 17.0. The monoisotopic (exact) mass is 268 g/mol. The molecule has 1 saturated heterocycles. The summed E-state index contributed by atoms with van der Waals surface area (Å²) in [5, 5.41) is 0. The summed E-state index contributed by atoms with van der Waals surface area (Å²) < 4.78 is 0. The fraction of sp³-hybridized carbons (Fsp3) is 1.00. The number of hydrogen-bond donors (Lipinski definition) is 1. The fourth-order valence-corrected chi connectivity index (χ4v) is 3.54. The SMILES string of the molecule is CCCCCCCC(CN)N1CCC(CC)(CC)C1. The lowest BCUT2D eigenvalue weighted by atomic mass is 9.82. The van der Waals surface area contributed by atoms with Gasteiger partial charge in [-0.3, -0.25) is 4.90 Å². The number of hydrogen-bond acceptors (Lipinski definition) is 2. The van der Waals surface area contributed by atoms with Gasteiger partial charge >= 0.3 is 0 Å². The van der Waals surface area contributed by atoms with Crippen molar-refractivity contribution in [3.8, 4) is 0 Å². The van der Waals surface area contributed by atoms with Gasteiger partial charge in [0.2, 0.25) is 0 Å². The molecule has 0 saturated carbocycles. The minimum Gasteiger partial charge on any atom is -0.329 e. The molecule has 114 valence electrons. The van der Waals surface area contributed by atoms with Crippen molar-refractivity contribution >= 4 is 0 Å². The van der Waals surface area contributed by atoms with Gasteiger partial charge in [-0.05, 0) is 37.6 Å². The Balaban J connectivity index is 2.31. The molecular weight excluding hydrogens is 232 g/mol. The summed E-state index contributed by atoms with van der Waals surface area (Å²) in [6.45, 7) is 10.4. The molecule has 1 unspecified atom stereocenters. The largest absolute Gasteiger partial charge is 0.329 e. The molecule has 0 amide bonds. The average molecular weight is 268 g/mol. The molecule has 0 aromatic rings. The second-order valence-electron chi connectivity index (χ2n) is 6.52. The third-order valence-electron chi connectivity index (χ3n) is 5.40. The minimum absolute atomic E-state index is 0.593. The van der Waals surface area contributed by atoms with Crippen LogP contribution in [0.3, 0.4) is 0 Å². The first-order valence-electron chi connectivity index (χ1n) is 8.65. The van der Waals surface area contributed by atoms with Gasteiger partial charge in [0.25, 0.3) is 0 Å². The van der Waals surface area contributed by atoms with Gasteiger partial charge < -0.3 is 5.73 Å². The quantitative estimate of drug-likeness (QED) is 0.602. The second-order valence-corrected chi connectivity index (χ2v) is 6.52. The van der Waals surface area contributed by atoms with Gasteiger partial charge in [0.1, 0.15) is 0 Å². The van der Waals surface area contributed by atoms with Gasteiger partial charge in [0.15, 0.2) is 0 Å². The van der Waals surface area contributed by atoms with Crippen LogP contribution in [0.15, 0.2) is 0 Å². The van der Waals surface area contributed by atoms with Crippen LogP contribution >= 0.6 is 0 Å². The van der Waals surface area contributed by atoms with Crippen LogP contribution in [-0.2, 0) is 0 Å². The lowest BCUT2D eigenvalue weighted by Crippen LogP contribution is -2.40. The first-order valence-corrected chi connectivity index (χ1v) is 8.65. The lowest BCUT2D eigenvalue weighted by molar-refractivity contribution is 0.187. The van der Waals surface area contributed by atoms with Gasteiger partial charge in [-0.15, -0.1) is 0 Å². The second kappa shape index (κ2) is 8.97. The molecule has 1 atom stereocenters. The highest BCUT2D eigenvalue weighted by Crippen LogP contribution is 2.38. The Hall–Kier alpha value is -0.0800. The van der Waals surface area contributed by atoms with Crippen LogP contribution in [0.5, 0.6) is 0 Å². The van der Waals surface area contributed by atoms with Crippen molar-refractivity contribution < 1.29 is 0 Å². The van der Waals surface area contributed by atoms with Gasteiger partial charge in [-0.1, -0.05) is 52.9 Å². The standard InChI is InChI=1S/C17H36N2/c1-4-7-8-9-10-11-16(14-18)19-13-12-17(5-2,6-3)15-19/h16H,4-15,18H2,1-3H3. The molecule has 1 heterocycles. The van der Waals surface area contributed by atoms with E-state index in [2.05, 4.69) is 25.7 Å². The van der Waals surface area contributed by atoms with Gasteiger partial charge in [-0.25, -0.2) is 0 Å². The van der Waals surface area contributed by atoms with E-state index in [9.17, 15) is 0 Å². The van der Waals surface area contributed by atoms with Gasteiger partial charge in [0.05, 0.1) is 0 Å². The molecule has 0 aliphatic carbocycles. The summed E-state index contributed by atoms with van der Waals surface area (Å²) in [6.07, 6.45) is 12.2. The average Bonchev–Trinajstić information content (AvgIpc) is 2.88. The number of likely N-dealkylation sites (tertiary alicyclic amines) is 1. The van der Waals surface area contributed by atoms with E-state index in [1.165, 1.54) is 70.9 Å². The predicted molar refractivity (Wildman–Crippen MR) is 85.4 cm³/mol. The summed E-state index contributed by atoms with van der Waals surface area (Å²) in [7, 11) is 0. The molecule has 1 fully saturated rings. The van der Waals surface area contributed by atoms with Crippen LogP contribution in [0.1, 0.15) is 78.6 Å². The van der Waals surface area contributed by atoms with E-state index in [4.69, 9.17) is 5.73 Å². The van der Waals surface area contributed by atoms with E-state index in [0.717, 1.165) is 6.54 Å². The maximum Gasteiger partial charge on any atom is 0.0218 e. The van der Waals surface area contributed by atoms with Crippen molar-refractivity contribution in [3.63, 3.8) is 0 Å². The van der Waals surface area contributed by atoms with Crippen molar-refractivity contribution in [1.82, 2.24) is 4.90 Å². The zero-order valence-electron chi connectivity index (χ0n) is 13.6. The van der Waals surface area contributed by atoms with Crippen LogP contribution in [0.25, 0.3) is 0 Å². The summed E-state index contributed by atoms with van der Waals surface area (Å²) in [5.41, 5.74) is 6.62. The summed E-state index contributed by atoms with van der Waals surface area (Å²) in [4.78, 5) is 2.69. The highest BCUT2D eigenvalue weighted by Gasteiger charge is 2.36. The number of nitrogens with two attached hydrogens (primary N) is 1. The third kappa shape index (κ3) is 5.07. The molecule has 0 spiro atoms. The van der Waals surface area contributed by atoms with Gasteiger partial charge in [0, 0.05) is 19.1 Å². The van der Waals surface area contributed by atoms with Crippen LogP contribution < -0.4 is 5.73 Å². The van der Waals surface area contributed by atoms with Crippen LogP contribution in [0.4, 0.5) is 0 Å². The number of nitrogens with zero attached hydrogens (tertiary/aromatic N) is 1. The minimum atomic E-state index is 0.593.